The average Bonchev–Trinajstić information content (AvgIpc) is 2.87. The lowest BCUT2D eigenvalue weighted by Crippen LogP contribution is -2.42. The Kier molecular flexibility index (Phi) is 4.98. The van der Waals surface area contributed by atoms with Crippen LogP contribution < -0.4 is 10.6 Å². The molecule has 0 unspecified atom stereocenters. The third-order valence-electron chi connectivity index (χ3n) is 3.68. The minimum atomic E-state index is -0.733. The summed E-state index contributed by atoms with van der Waals surface area (Å²) in [5.74, 6) is 0. The van der Waals surface area contributed by atoms with Crippen LogP contribution in [0.15, 0.2) is 24.3 Å². The van der Waals surface area contributed by atoms with E-state index in [-0.39, 0.29) is 6.03 Å². The third-order valence-corrected chi connectivity index (χ3v) is 3.68. The molecule has 0 bridgehead atoms. The average molecular weight is 278 g/mol. The fourth-order valence-electron chi connectivity index (χ4n) is 2.54. The lowest BCUT2D eigenvalue weighted by molar-refractivity contribution is 0.0506. The van der Waals surface area contributed by atoms with Gasteiger partial charge >= 0.3 is 6.03 Å². The molecule has 0 heterocycles. The number of rotatable bonds is 5. The van der Waals surface area contributed by atoms with Crippen molar-refractivity contribution in [2.45, 2.75) is 37.9 Å². The zero-order valence-electron chi connectivity index (χ0n) is 11.8. The Morgan fingerprint density at radius 1 is 1.35 bits per heavy atom. The van der Waals surface area contributed by atoms with Gasteiger partial charge in [-0.2, -0.15) is 0 Å². The fourth-order valence-corrected chi connectivity index (χ4v) is 2.54. The van der Waals surface area contributed by atoms with E-state index >= 15 is 0 Å². The van der Waals surface area contributed by atoms with Gasteiger partial charge in [-0.15, -0.1) is 0 Å². The predicted octanol–water partition coefficient (Wildman–Crippen LogP) is 2.26. The van der Waals surface area contributed by atoms with E-state index in [0.29, 0.717) is 13.2 Å². The number of hydrogen-bond donors (Lipinski definition) is 3. The van der Waals surface area contributed by atoms with E-state index < -0.39 is 5.60 Å². The first-order valence-electron chi connectivity index (χ1n) is 6.97. The molecule has 0 radical (unpaired) electrons. The number of nitrogens with one attached hydrogen (secondary N) is 2. The van der Waals surface area contributed by atoms with Crippen molar-refractivity contribution >= 4 is 11.7 Å². The molecule has 110 valence electrons. The van der Waals surface area contributed by atoms with E-state index in [9.17, 15) is 9.90 Å². The molecule has 1 aromatic carbocycles. The molecule has 5 heteroatoms. The summed E-state index contributed by atoms with van der Waals surface area (Å²) in [6.07, 6.45) is 3.56. The molecule has 1 fully saturated rings. The molecule has 0 spiro atoms. The quantitative estimate of drug-likeness (QED) is 0.773. The second-order valence-electron chi connectivity index (χ2n) is 5.33. The van der Waals surface area contributed by atoms with Crippen LogP contribution in [0.1, 0.15) is 31.2 Å². The van der Waals surface area contributed by atoms with Gasteiger partial charge in [0, 0.05) is 24.9 Å². The number of carbonyl (C=O) groups excluding carboxylic acids is 1. The van der Waals surface area contributed by atoms with Crippen LogP contribution in [0.5, 0.6) is 0 Å². The van der Waals surface area contributed by atoms with Gasteiger partial charge in [0.25, 0.3) is 0 Å². The molecule has 2 amide bonds. The van der Waals surface area contributed by atoms with Crippen molar-refractivity contribution in [2.75, 3.05) is 19.0 Å². The van der Waals surface area contributed by atoms with Gasteiger partial charge in [0.15, 0.2) is 0 Å². The first-order valence-corrected chi connectivity index (χ1v) is 6.97. The second kappa shape index (κ2) is 6.72. The molecule has 2 rings (SSSR count). The summed E-state index contributed by atoms with van der Waals surface area (Å²) in [5, 5.41) is 15.7. The van der Waals surface area contributed by atoms with Gasteiger partial charge in [0.05, 0.1) is 12.2 Å². The van der Waals surface area contributed by atoms with E-state index in [1.807, 2.05) is 24.3 Å². The highest BCUT2D eigenvalue weighted by Crippen LogP contribution is 2.28. The highest BCUT2D eigenvalue weighted by atomic mass is 16.5. The highest BCUT2D eigenvalue weighted by molar-refractivity contribution is 5.90. The number of carbonyl (C=O) groups is 1. The predicted molar refractivity (Wildman–Crippen MR) is 77.6 cm³/mol. The highest BCUT2D eigenvalue weighted by Gasteiger charge is 2.31. The summed E-state index contributed by atoms with van der Waals surface area (Å²) < 4.78 is 5.10. The summed E-state index contributed by atoms with van der Waals surface area (Å²) in [6.45, 7) is 0.742. The van der Waals surface area contributed by atoms with E-state index in [4.69, 9.17) is 4.74 Å². The normalized spacial score (nSPS) is 16.9. The monoisotopic (exact) mass is 278 g/mol. The number of para-hydroxylation sites is 1. The molecule has 3 N–H and O–H groups in total. The van der Waals surface area contributed by atoms with Gasteiger partial charge in [-0.05, 0) is 18.9 Å². The van der Waals surface area contributed by atoms with Crippen molar-refractivity contribution in [3.05, 3.63) is 29.8 Å². The zero-order chi connectivity index (χ0) is 14.4. The number of amides is 2. The standard InChI is InChI=1S/C15H22N2O3/c1-20-10-12-6-2-3-7-13(12)17-14(18)16-11-15(19)8-4-5-9-15/h2-3,6-7,19H,4-5,8-11H2,1H3,(H2,16,17,18). The molecule has 0 aliphatic heterocycles. The Morgan fingerprint density at radius 2 is 2.05 bits per heavy atom. The number of benzene rings is 1. The van der Waals surface area contributed by atoms with Gasteiger partial charge in [0.2, 0.25) is 0 Å². The summed E-state index contributed by atoms with van der Waals surface area (Å²) in [7, 11) is 1.62. The largest absolute Gasteiger partial charge is 0.388 e. The van der Waals surface area contributed by atoms with Gasteiger partial charge in [-0.3, -0.25) is 0 Å². The Morgan fingerprint density at radius 3 is 2.75 bits per heavy atom. The second-order valence-corrected chi connectivity index (χ2v) is 5.33. The number of methoxy groups -OCH3 is 1. The molecule has 0 aromatic heterocycles. The lowest BCUT2D eigenvalue weighted by Gasteiger charge is -2.22. The smallest absolute Gasteiger partial charge is 0.319 e. The van der Waals surface area contributed by atoms with E-state index in [0.717, 1.165) is 36.9 Å². The van der Waals surface area contributed by atoms with E-state index in [1.54, 1.807) is 7.11 Å². The maximum atomic E-state index is 11.9. The van der Waals surface area contributed by atoms with E-state index in [1.165, 1.54) is 0 Å². The molecule has 1 aliphatic carbocycles. The minimum absolute atomic E-state index is 0.297. The number of urea groups is 1. The molecular formula is C15H22N2O3. The summed E-state index contributed by atoms with van der Waals surface area (Å²) in [6, 6.07) is 7.20. The number of anilines is 1. The van der Waals surface area contributed by atoms with Gasteiger partial charge in [0.1, 0.15) is 0 Å². The zero-order valence-corrected chi connectivity index (χ0v) is 11.8. The van der Waals surface area contributed by atoms with Crippen LogP contribution in [-0.2, 0) is 11.3 Å². The van der Waals surface area contributed by atoms with Crippen molar-refractivity contribution in [1.82, 2.24) is 5.32 Å². The maximum absolute atomic E-state index is 11.9. The molecule has 0 saturated heterocycles. The number of aliphatic hydroxyl groups is 1. The molecular weight excluding hydrogens is 256 g/mol. The van der Waals surface area contributed by atoms with Crippen molar-refractivity contribution in [3.63, 3.8) is 0 Å². The summed E-state index contributed by atoms with van der Waals surface area (Å²) >= 11 is 0. The Hall–Kier alpha value is -1.59. The van der Waals surface area contributed by atoms with Crippen LogP contribution in [-0.4, -0.2) is 30.4 Å². The summed E-state index contributed by atoms with van der Waals surface area (Å²) in [5.41, 5.74) is 0.915. The van der Waals surface area contributed by atoms with Crippen LogP contribution in [0, 0.1) is 0 Å². The Labute approximate surface area is 119 Å². The fraction of sp³-hybridized carbons (Fsp3) is 0.533. The van der Waals surface area contributed by atoms with Crippen molar-refractivity contribution in [3.8, 4) is 0 Å². The topological polar surface area (TPSA) is 70.6 Å². The first kappa shape index (κ1) is 14.8. The van der Waals surface area contributed by atoms with Gasteiger partial charge < -0.3 is 20.5 Å². The Balaban J connectivity index is 1.88. The van der Waals surface area contributed by atoms with Crippen molar-refractivity contribution < 1.29 is 14.6 Å². The van der Waals surface area contributed by atoms with Crippen LogP contribution in [0.25, 0.3) is 0 Å². The molecule has 1 aliphatic rings. The molecule has 20 heavy (non-hydrogen) atoms. The van der Waals surface area contributed by atoms with Crippen LogP contribution in [0.3, 0.4) is 0 Å². The minimum Gasteiger partial charge on any atom is -0.388 e. The van der Waals surface area contributed by atoms with Crippen molar-refractivity contribution in [2.24, 2.45) is 0 Å². The van der Waals surface area contributed by atoms with Gasteiger partial charge in [-0.25, -0.2) is 4.79 Å². The Bertz CT molecular complexity index is 456. The SMILES string of the molecule is COCc1ccccc1NC(=O)NCC1(O)CCCC1. The van der Waals surface area contributed by atoms with Crippen LogP contribution >= 0.6 is 0 Å². The molecule has 1 saturated carbocycles. The lowest BCUT2D eigenvalue weighted by atomic mass is 10.0. The van der Waals surface area contributed by atoms with E-state index in [2.05, 4.69) is 10.6 Å². The third kappa shape index (κ3) is 3.95. The van der Waals surface area contributed by atoms with Crippen molar-refractivity contribution in [1.29, 1.82) is 0 Å². The molecule has 0 atom stereocenters. The number of hydrogen-bond acceptors (Lipinski definition) is 3. The van der Waals surface area contributed by atoms with Gasteiger partial charge in [-0.1, -0.05) is 31.0 Å². The summed E-state index contributed by atoms with van der Waals surface area (Å²) in [4.78, 5) is 11.9. The van der Waals surface area contributed by atoms with Crippen LogP contribution in [0.4, 0.5) is 10.5 Å². The molecule has 5 nitrogen and oxygen atoms in total. The molecule has 1 aromatic rings. The van der Waals surface area contributed by atoms with Crippen LogP contribution in [0.2, 0.25) is 0 Å². The number of ether oxygens (including phenoxy) is 1. The maximum Gasteiger partial charge on any atom is 0.319 e. The first-order chi connectivity index (χ1) is 9.63.